The van der Waals surface area contributed by atoms with E-state index in [1.165, 1.54) is 6.08 Å². The zero-order valence-electron chi connectivity index (χ0n) is 23.4. The minimum atomic E-state index is -1.08. The van der Waals surface area contributed by atoms with Crippen molar-refractivity contribution in [2.45, 2.75) is 58.6 Å². The first-order valence-electron chi connectivity index (χ1n) is 13.3. The first-order valence-corrected chi connectivity index (χ1v) is 13.3. The molecule has 5 rings (SSSR count). The van der Waals surface area contributed by atoms with Crippen LogP contribution in [0.3, 0.4) is 0 Å². The summed E-state index contributed by atoms with van der Waals surface area (Å²) in [6.45, 7) is 10.8. The molecule has 2 aliphatic heterocycles. The van der Waals surface area contributed by atoms with E-state index >= 15 is 0 Å². The Labute approximate surface area is 233 Å². The Kier molecular flexibility index (Phi) is 6.96. The van der Waals surface area contributed by atoms with Crippen LogP contribution in [0, 0.1) is 0 Å². The number of carbonyl (C=O) groups excluding carboxylic acids is 1. The number of fused-ring (bicyclic) bond motifs is 3. The zero-order valence-corrected chi connectivity index (χ0v) is 23.4. The van der Waals surface area contributed by atoms with Crippen LogP contribution in [0.1, 0.15) is 72.9 Å². The second kappa shape index (κ2) is 10.3. The van der Waals surface area contributed by atoms with Crippen LogP contribution in [0.4, 0.5) is 5.69 Å². The van der Waals surface area contributed by atoms with Crippen molar-refractivity contribution < 1.29 is 24.2 Å². The van der Waals surface area contributed by atoms with E-state index in [4.69, 9.17) is 14.5 Å². The molecule has 1 amide bonds. The van der Waals surface area contributed by atoms with Crippen molar-refractivity contribution in [2.24, 2.45) is 4.99 Å². The van der Waals surface area contributed by atoms with Crippen LogP contribution in [-0.4, -0.2) is 45.4 Å². The van der Waals surface area contributed by atoms with Gasteiger partial charge in [-0.15, -0.1) is 0 Å². The van der Waals surface area contributed by atoms with Gasteiger partial charge in [-0.1, -0.05) is 18.2 Å². The molecule has 2 aliphatic rings. The van der Waals surface area contributed by atoms with Gasteiger partial charge in [-0.05, 0) is 82.5 Å². The lowest BCUT2D eigenvalue weighted by Crippen LogP contribution is -2.30. The number of hydrogen-bond acceptors (Lipinski definition) is 6. The normalized spacial score (nSPS) is 16.5. The molecule has 206 valence electrons. The van der Waals surface area contributed by atoms with E-state index < -0.39 is 17.5 Å². The number of aliphatic carboxylic acids is 1. The topological polar surface area (TPSA) is 110 Å². The first-order chi connectivity index (χ1) is 19.0. The van der Waals surface area contributed by atoms with Crippen LogP contribution >= 0.6 is 0 Å². The van der Waals surface area contributed by atoms with Gasteiger partial charge in [0.25, 0.3) is 5.91 Å². The number of hydrogen-bond donors (Lipinski definition) is 2. The molecule has 8 heteroatoms. The van der Waals surface area contributed by atoms with Gasteiger partial charge in [-0.2, -0.15) is 0 Å². The molecular weight excluding hydrogens is 506 g/mol. The molecule has 0 fully saturated rings. The van der Waals surface area contributed by atoms with Gasteiger partial charge in [-0.3, -0.25) is 14.8 Å². The molecule has 8 nitrogen and oxygen atoms in total. The molecule has 0 saturated heterocycles. The molecule has 0 aliphatic carbocycles. The van der Waals surface area contributed by atoms with Crippen LogP contribution in [0.25, 0.3) is 6.08 Å². The summed E-state index contributed by atoms with van der Waals surface area (Å²) < 4.78 is 12.4. The number of anilines is 1. The highest BCUT2D eigenvalue weighted by molar-refractivity contribution is 6.17. The summed E-state index contributed by atoms with van der Waals surface area (Å²) in [4.78, 5) is 33.6. The van der Waals surface area contributed by atoms with Crippen molar-refractivity contribution in [3.05, 3.63) is 88.2 Å². The highest BCUT2D eigenvalue weighted by Gasteiger charge is 2.39. The molecule has 0 unspecified atom stereocenters. The van der Waals surface area contributed by atoms with Crippen LogP contribution in [0.2, 0.25) is 0 Å². The Hall–Kier alpha value is -4.46. The van der Waals surface area contributed by atoms with Gasteiger partial charge in [0.2, 0.25) is 0 Å². The van der Waals surface area contributed by atoms with Crippen LogP contribution in [0.5, 0.6) is 11.5 Å². The fourth-order valence-electron chi connectivity index (χ4n) is 5.34. The van der Waals surface area contributed by atoms with E-state index in [-0.39, 0.29) is 11.2 Å². The number of benzene rings is 2. The number of pyridine rings is 1. The van der Waals surface area contributed by atoms with Gasteiger partial charge in [0.1, 0.15) is 11.3 Å². The lowest BCUT2D eigenvalue weighted by atomic mass is 9.80. The molecule has 0 saturated carbocycles. The number of carbonyl (C=O) groups is 2. The molecule has 3 heterocycles. The SMILES string of the molecule is CCOc1cc2c(c3c1OC(C)(C)C3)C(c1ccc(C=CC(=O)O)c(NC(=O)c3ccccn3)c1)=NC(C)(C)C2. The minimum absolute atomic E-state index is 0.253. The average molecular weight is 540 g/mol. The van der Waals surface area contributed by atoms with E-state index in [0.717, 1.165) is 52.0 Å². The summed E-state index contributed by atoms with van der Waals surface area (Å²) in [5.74, 6) is 0.0205. The maximum absolute atomic E-state index is 13.0. The van der Waals surface area contributed by atoms with Gasteiger partial charge in [0.15, 0.2) is 11.5 Å². The third-order valence-electron chi connectivity index (χ3n) is 6.86. The van der Waals surface area contributed by atoms with Crippen LogP contribution < -0.4 is 14.8 Å². The molecule has 40 heavy (non-hydrogen) atoms. The minimum Gasteiger partial charge on any atom is -0.490 e. The Bertz CT molecular complexity index is 1550. The zero-order chi connectivity index (χ0) is 28.7. The van der Waals surface area contributed by atoms with Gasteiger partial charge in [0, 0.05) is 41.1 Å². The van der Waals surface area contributed by atoms with Crippen molar-refractivity contribution >= 4 is 29.4 Å². The molecule has 0 radical (unpaired) electrons. The third kappa shape index (κ3) is 5.47. The fourth-order valence-corrected chi connectivity index (χ4v) is 5.34. The molecular formula is C32H33N3O5. The molecule has 2 aromatic carbocycles. The van der Waals surface area contributed by atoms with Crippen molar-refractivity contribution in [1.29, 1.82) is 0 Å². The summed E-state index contributed by atoms with van der Waals surface area (Å²) in [6, 6.07) is 12.7. The number of aromatic nitrogens is 1. The van der Waals surface area contributed by atoms with Gasteiger partial charge in [0.05, 0.1) is 17.9 Å². The predicted octanol–water partition coefficient (Wildman–Crippen LogP) is 5.72. The summed E-state index contributed by atoms with van der Waals surface area (Å²) in [5, 5.41) is 12.1. The number of rotatable bonds is 7. The molecule has 0 atom stereocenters. The number of carboxylic acids is 1. The maximum Gasteiger partial charge on any atom is 0.328 e. The Morgan fingerprint density at radius 3 is 2.62 bits per heavy atom. The Morgan fingerprint density at radius 1 is 1.12 bits per heavy atom. The van der Waals surface area contributed by atoms with Crippen molar-refractivity contribution in [1.82, 2.24) is 4.98 Å². The van der Waals surface area contributed by atoms with E-state index in [9.17, 15) is 14.7 Å². The average Bonchev–Trinajstić information content (AvgIpc) is 3.22. The van der Waals surface area contributed by atoms with E-state index in [1.807, 2.05) is 19.1 Å². The largest absolute Gasteiger partial charge is 0.490 e. The summed E-state index contributed by atoms with van der Waals surface area (Å²) in [5.41, 5.74) is 5.31. The molecule has 0 spiro atoms. The second-order valence-electron chi connectivity index (χ2n) is 11.3. The van der Waals surface area contributed by atoms with Gasteiger partial charge in [-0.25, -0.2) is 4.79 Å². The van der Waals surface area contributed by atoms with Gasteiger partial charge < -0.3 is 19.9 Å². The Balaban J connectivity index is 1.66. The lowest BCUT2D eigenvalue weighted by Gasteiger charge is -2.31. The van der Waals surface area contributed by atoms with Crippen molar-refractivity contribution in [2.75, 3.05) is 11.9 Å². The third-order valence-corrected chi connectivity index (χ3v) is 6.86. The number of amides is 1. The quantitative estimate of drug-likeness (QED) is 0.372. The summed E-state index contributed by atoms with van der Waals surface area (Å²) >= 11 is 0. The van der Waals surface area contributed by atoms with E-state index in [2.05, 4.69) is 44.1 Å². The number of ether oxygens (including phenoxy) is 2. The van der Waals surface area contributed by atoms with Crippen molar-refractivity contribution in [3.8, 4) is 11.5 Å². The highest BCUT2D eigenvalue weighted by atomic mass is 16.5. The number of aliphatic imine (C=N–C) groups is 1. The first kappa shape index (κ1) is 27.1. The standard InChI is InChI=1S/C32H33N3O5/c1-6-39-25-16-21-17-31(2,3)35-28(27(21)22-18-32(4,5)40-29(22)25)20-11-10-19(12-13-26(36)37)24(15-20)34-30(38)23-9-7-8-14-33-23/h7-16H,6,17-18H2,1-5H3,(H,34,38)(H,36,37). The number of nitrogens with one attached hydrogen (secondary N) is 1. The van der Waals surface area contributed by atoms with Crippen LogP contribution in [-0.2, 0) is 17.6 Å². The smallest absolute Gasteiger partial charge is 0.328 e. The molecule has 0 bridgehead atoms. The lowest BCUT2D eigenvalue weighted by molar-refractivity contribution is -0.131. The monoisotopic (exact) mass is 539 g/mol. The molecule has 1 aromatic heterocycles. The summed E-state index contributed by atoms with van der Waals surface area (Å²) in [6.07, 6.45) is 5.50. The molecule has 3 aromatic rings. The number of carboxylic acid groups (broad SMARTS) is 1. The van der Waals surface area contributed by atoms with E-state index in [0.29, 0.717) is 24.3 Å². The highest BCUT2D eigenvalue weighted by Crippen LogP contribution is 2.48. The maximum atomic E-state index is 13.0. The van der Waals surface area contributed by atoms with Crippen molar-refractivity contribution in [3.63, 3.8) is 0 Å². The van der Waals surface area contributed by atoms with E-state index in [1.54, 1.807) is 30.5 Å². The fraction of sp³-hybridized carbons (Fsp3) is 0.312. The summed E-state index contributed by atoms with van der Waals surface area (Å²) in [7, 11) is 0. The molecule has 2 N–H and O–H groups in total. The predicted molar refractivity (Wildman–Crippen MR) is 155 cm³/mol. The second-order valence-corrected chi connectivity index (χ2v) is 11.3. The van der Waals surface area contributed by atoms with Crippen LogP contribution in [0.15, 0.2) is 59.7 Å². The Morgan fingerprint density at radius 2 is 1.93 bits per heavy atom. The van der Waals surface area contributed by atoms with Gasteiger partial charge >= 0.3 is 5.97 Å². The number of nitrogens with zero attached hydrogens (tertiary/aromatic N) is 2.